The van der Waals surface area contributed by atoms with Gasteiger partial charge in [0.15, 0.2) is 17.4 Å². The molecular formula is C8H5F2O2. The highest BCUT2D eigenvalue weighted by Crippen LogP contribution is 2.21. The van der Waals surface area contributed by atoms with Gasteiger partial charge in [0.2, 0.25) is 6.29 Å². The van der Waals surface area contributed by atoms with Gasteiger partial charge in [0.05, 0.1) is 7.11 Å². The van der Waals surface area contributed by atoms with Crippen molar-refractivity contribution in [2.24, 2.45) is 0 Å². The molecule has 0 bridgehead atoms. The van der Waals surface area contributed by atoms with Crippen LogP contribution in [0.1, 0.15) is 5.56 Å². The van der Waals surface area contributed by atoms with Crippen LogP contribution in [0, 0.1) is 11.6 Å². The Hall–Kier alpha value is -1.45. The summed E-state index contributed by atoms with van der Waals surface area (Å²) in [5.41, 5.74) is -0.175. The Morgan fingerprint density at radius 3 is 2.17 bits per heavy atom. The Kier molecular flexibility index (Phi) is 2.38. The number of halogens is 2. The maximum Gasteiger partial charge on any atom is 0.233 e. The minimum absolute atomic E-state index is 0.175. The standard InChI is InChI=1S/C8H5F2O2/c1-12-8-6(9)2-5(4-11)3-7(8)10/h2-3H,1H3. The van der Waals surface area contributed by atoms with Crippen molar-refractivity contribution < 1.29 is 18.3 Å². The Labute approximate surface area is 67.8 Å². The van der Waals surface area contributed by atoms with E-state index < -0.39 is 17.4 Å². The fourth-order valence-electron chi connectivity index (χ4n) is 0.814. The minimum Gasteiger partial charge on any atom is -0.491 e. The second kappa shape index (κ2) is 3.30. The zero-order chi connectivity index (χ0) is 9.14. The highest BCUT2D eigenvalue weighted by atomic mass is 19.1. The number of hydrogen-bond donors (Lipinski definition) is 0. The summed E-state index contributed by atoms with van der Waals surface area (Å²) in [6.45, 7) is 0. The third-order valence-electron chi connectivity index (χ3n) is 1.32. The van der Waals surface area contributed by atoms with Gasteiger partial charge in [-0.25, -0.2) is 8.78 Å². The lowest BCUT2D eigenvalue weighted by Gasteiger charge is -2.02. The molecule has 0 spiro atoms. The van der Waals surface area contributed by atoms with Crippen molar-refractivity contribution in [2.75, 3.05) is 7.11 Å². The molecule has 63 valence electrons. The molecule has 1 aromatic rings. The van der Waals surface area contributed by atoms with Gasteiger partial charge in [0, 0.05) is 5.56 Å². The van der Waals surface area contributed by atoms with Crippen LogP contribution >= 0.6 is 0 Å². The summed E-state index contributed by atoms with van der Waals surface area (Å²) in [6, 6.07) is 1.71. The summed E-state index contributed by atoms with van der Waals surface area (Å²) in [5, 5.41) is 0. The van der Waals surface area contributed by atoms with Crippen LogP contribution in [0.3, 0.4) is 0 Å². The molecule has 0 saturated heterocycles. The molecule has 1 radical (unpaired) electrons. The van der Waals surface area contributed by atoms with E-state index in [-0.39, 0.29) is 5.56 Å². The molecule has 4 heteroatoms. The number of methoxy groups -OCH3 is 1. The van der Waals surface area contributed by atoms with Gasteiger partial charge in [-0.3, -0.25) is 4.79 Å². The first-order valence-corrected chi connectivity index (χ1v) is 3.10. The molecule has 12 heavy (non-hydrogen) atoms. The Bertz CT molecular complexity index is 287. The fraction of sp³-hybridized carbons (Fsp3) is 0.125. The lowest BCUT2D eigenvalue weighted by atomic mass is 10.2. The molecule has 0 heterocycles. The molecular weight excluding hydrogens is 166 g/mol. The molecule has 0 atom stereocenters. The van der Waals surface area contributed by atoms with Gasteiger partial charge in [-0.2, -0.15) is 0 Å². The largest absolute Gasteiger partial charge is 0.491 e. The molecule has 0 fully saturated rings. The zero-order valence-corrected chi connectivity index (χ0v) is 6.23. The molecule has 1 rings (SSSR count). The van der Waals surface area contributed by atoms with E-state index in [0.29, 0.717) is 0 Å². The SMILES string of the molecule is COc1c(F)cc([C]=O)cc1F. The van der Waals surface area contributed by atoms with Crippen LogP contribution in [0.2, 0.25) is 0 Å². The van der Waals surface area contributed by atoms with Crippen molar-refractivity contribution in [1.82, 2.24) is 0 Å². The predicted octanol–water partition coefficient (Wildman–Crippen LogP) is 1.43. The normalized spacial score (nSPS) is 9.58. The maximum absolute atomic E-state index is 12.8. The van der Waals surface area contributed by atoms with Gasteiger partial charge in [0.25, 0.3) is 0 Å². The van der Waals surface area contributed by atoms with E-state index in [0.717, 1.165) is 19.2 Å². The lowest BCUT2D eigenvalue weighted by Crippen LogP contribution is -1.94. The molecule has 0 aliphatic rings. The number of benzene rings is 1. The van der Waals surface area contributed by atoms with Crippen molar-refractivity contribution in [3.05, 3.63) is 29.3 Å². The molecule has 1 aromatic carbocycles. The number of ether oxygens (including phenoxy) is 1. The molecule has 0 amide bonds. The van der Waals surface area contributed by atoms with Gasteiger partial charge >= 0.3 is 0 Å². The smallest absolute Gasteiger partial charge is 0.233 e. The number of carbonyl (C=O) groups excluding carboxylic acids is 1. The predicted molar refractivity (Wildman–Crippen MR) is 37.7 cm³/mol. The second-order valence-electron chi connectivity index (χ2n) is 2.08. The van der Waals surface area contributed by atoms with Crippen molar-refractivity contribution >= 4 is 6.29 Å². The second-order valence-corrected chi connectivity index (χ2v) is 2.08. The van der Waals surface area contributed by atoms with Crippen LogP contribution in [-0.4, -0.2) is 13.4 Å². The topological polar surface area (TPSA) is 26.3 Å². The van der Waals surface area contributed by atoms with Gasteiger partial charge in [-0.1, -0.05) is 0 Å². The van der Waals surface area contributed by atoms with Gasteiger partial charge in [-0.05, 0) is 12.1 Å². The lowest BCUT2D eigenvalue weighted by molar-refractivity contribution is 0.359. The summed E-state index contributed by atoms with van der Waals surface area (Å²) in [5.74, 6) is -2.30. The third-order valence-corrected chi connectivity index (χ3v) is 1.32. The maximum atomic E-state index is 12.8. The van der Waals surface area contributed by atoms with E-state index in [4.69, 9.17) is 0 Å². The quantitative estimate of drug-likeness (QED) is 0.672. The average molecular weight is 171 g/mol. The summed E-state index contributed by atoms with van der Waals surface area (Å²) in [4.78, 5) is 10.0. The van der Waals surface area contributed by atoms with E-state index in [1.54, 1.807) is 0 Å². The minimum atomic E-state index is -0.907. The molecule has 2 nitrogen and oxygen atoms in total. The van der Waals surface area contributed by atoms with Crippen LogP contribution in [0.15, 0.2) is 12.1 Å². The molecule has 0 aliphatic heterocycles. The monoisotopic (exact) mass is 171 g/mol. The van der Waals surface area contributed by atoms with Crippen molar-refractivity contribution in [3.8, 4) is 5.75 Å². The van der Waals surface area contributed by atoms with Crippen LogP contribution < -0.4 is 4.74 Å². The average Bonchev–Trinajstić information content (AvgIpc) is 2.03. The molecule has 0 aliphatic carbocycles. The first-order chi connectivity index (χ1) is 5.69. The van der Waals surface area contributed by atoms with Crippen molar-refractivity contribution in [2.45, 2.75) is 0 Å². The molecule has 0 unspecified atom stereocenters. The van der Waals surface area contributed by atoms with E-state index in [1.165, 1.54) is 6.29 Å². The fourth-order valence-corrected chi connectivity index (χ4v) is 0.814. The van der Waals surface area contributed by atoms with Crippen molar-refractivity contribution in [3.63, 3.8) is 0 Å². The summed E-state index contributed by atoms with van der Waals surface area (Å²) in [7, 11) is 1.14. The molecule has 0 N–H and O–H groups in total. The van der Waals surface area contributed by atoms with E-state index in [2.05, 4.69) is 4.74 Å². The van der Waals surface area contributed by atoms with E-state index >= 15 is 0 Å². The van der Waals surface area contributed by atoms with Crippen LogP contribution in [0.25, 0.3) is 0 Å². The third kappa shape index (κ3) is 1.42. The first kappa shape index (κ1) is 8.64. The van der Waals surface area contributed by atoms with Crippen molar-refractivity contribution in [1.29, 1.82) is 0 Å². The summed E-state index contributed by atoms with van der Waals surface area (Å²) < 4.78 is 29.9. The van der Waals surface area contributed by atoms with Crippen LogP contribution in [0.4, 0.5) is 8.78 Å². The Morgan fingerprint density at radius 1 is 1.33 bits per heavy atom. The van der Waals surface area contributed by atoms with Gasteiger partial charge in [0.1, 0.15) is 0 Å². The molecule has 0 aromatic heterocycles. The number of rotatable bonds is 2. The highest BCUT2D eigenvalue weighted by molar-refractivity contribution is 5.75. The van der Waals surface area contributed by atoms with Crippen LogP contribution in [0.5, 0.6) is 5.75 Å². The van der Waals surface area contributed by atoms with Gasteiger partial charge in [-0.15, -0.1) is 0 Å². The molecule has 0 saturated carbocycles. The first-order valence-electron chi connectivity index (χ1n) is 3.10. The van der Waals surface area contributed by atoms with Crippen LogP contribution in [-0.2, 0) is 4.79 Å². The van der Waals surface area contributed by atoms with E-state index in [1.807, 2.05) is 0 Å². The summed E-state index contributed by atoms with van der Waals surface area (Å²) >= 11 is 0. The number of hydrogen-bond acceptors (Lipinski definition) is 2. The zero-order valence-electron chi connectivity index (χ0n) is 6.23. The summed E-state index contributed by atoms with van der Waals surface area (Å²) in [6.07, 6.45) is 1.37. The Morgan fingerprint density at radius 2 is 1.83 bits per heavy atom. The Balaban J connectivity index is 3.27. The van der Waals surface area contributed by atoms with Gasteiger partial charge < -0.3 is 4.74 Å². The highest BCUT2D eigenvalue weighted by Gasteiger charge is 2.10. The van der Waals surface area contributed by atoms with E-state index in [9.17, 15) is 13.6 Å².